The van der Waals surface area contributed by atoms with Gasteiger partial charge in [0.25, 0.3) is 0 Å². The first-order chi connectivity index (χ1) is 6.59. The molecule has 0 bridgehead atoms. The highest BCUT2D eigenvalue weighted by molar-refractivity contribution is 14.0. The summed E-state index contributed by atoms with van der Waals surface area (Å²) in [6.07, 6.45) is 0. The highest BCUT2D eigenvalue weighted by Crippen LogP contribution is 2.29. The number of guanidine groups is 1. The van der Waals surface area contributed by atoms with Gasteiger partial charge in [-0.25, -0.2) is 0 Å². The molecule has 3 nitrogen and oxygen atoms in total. The zero-order chi connectivity index (χ0) is 10.6. The van der Waals surface area contributed by atoms with Crippen molar-refractivity contribution in [1.29, 1.82) is 0 Å². The van der Waals surface area contributed by atoms with E-state index >= 15 is 0 Å². The van der Waals surface area contributed by atoms with Gasteiger partial charge < -0.3 is 10.2 Å². The Morgan fingerprint density at radius 3 is 2.67 bits per heavy atom. The Hall–Kier alpha value is 0.350. The van der Waals surface area contributed by atoms with Gasteiger partial charge in [-0.1, -0.05) is 0 Å². The molecule has 1 rings (SSSR count). The van der Waals surface area contributed by atoms with Crippen LogP contribution in [0.5, 0.6) is 0 Å². The standard InChI is InChI=1S/C10H21N3S.HI/c1-5-12-9(11-4)13-6-7-14-10(2,3)8-13;/h5-8H2,1-4H3,(H,11,12);1H. The maximum atomic E-state index is 4.29. The fraction of sp³-hybridized carbons (Fsp3) is 0.900. The van der Waals surface area contributed by atoms with Gasteiger partial charge in [0.1, 0.15) is 0 Å². The fourth-order valence-corrected chi connectivity index (χ4v) is 2.80. The minimum Gasteiger partial charge on any atom is -0.357 e. The average molecular weight is 343 g/mol. The molecule has 1 aliphatic heterocycles. The smallest absolute Gasteiger partial charge is 0.193 e. The van der Waals surface area contributed by atoms with E-state index in [0.717, 1.165) is 25.6 Å². The zero-order valence-electron chi connectivity index (χ0n) is 10.0. The Kier molecular flexibility index (Phi) is 6.99. The molecule has 5 heteroatoms. The maximum absolute atomic E-state index is 4.29. The summed E-state index contributed by atoms with van der Waals surface area (Å²) < 4.78 is 0.351. The second kappa shape index (κ2) is 6.83. The highest BCUT2D eigenvalue weighted by atomic mass is 127. The van der Waals surface area contributed by atoms with Crippen LogP contribution in [0.1, 0.15) is 20.8 Å². The zero-order valence-corrected chi connectivity index (χ0v) is 13.2. The van der Waals surface area contributed by atoms with Crippen LogP contribution in [-0.2, 0) is 0 Å². The molecule has 1 heterocycles. The van der Waals surface area contributed by atoms with E-state index in [-0.39, 0.29) is 24.0 Å². The molecule has 1 saturated heterocycles. The number of rotatable bonds is 1. The van der Waals surface area contributed by atoms with Crippen LogP contribution >= 0.6 is 35.7 Å². The van der Waals surface area contributed by atoms with Crippen LogP contribution in [0.25, 0.3) is 0 Å². The lowest BCUT2D eigenvalue weighted by atomic mass is 10.2. The summed E-state index contributed by atoms with van der Waals surface area (Å²) in [5, 5.41) is 3.31. The Morgan fingerprint density at radius 1 is 1.53 bits per heavy atom. The van der Waals surface area contributed by atoms with Crippen molar-refractivity contribution in [2.75, 3.05) is 32.4 Å². The number of hydrogen-bond acceptors (Lipinski definition) is 2. The van der Waals surface area contributed by atoms with Crippen LogP contribution in [0.2, 0.25) is 0 Å². The Balaban J connectivity index is 0.00000196. The van der Waals surface area contributed by atoms with E-state index in [1.807, 2.05) is 18.8 Å². The molecule has 0 spiro atoms. The van der Waals surface area contributed by atoms with Crippen molar-refractivity contribution in [1.82, 2.24) is 10.2 Å². The summed E-state index contributed by atoms with van der Waals surface area (Å²) in [6.45, 7) is 9.82. The van der Waals surface area contributed by atoms with Crippen LogP contribution < -0.4 is 5.32 Å². The lowest BCUT2D eigenvalue weighted by molar-refractivity contribution is 0.377. The van der Waals surface area contributed by atoms with Gasteiger partial charge >= 0.3 is 0 Å². The molecule has 15 heavy (non-hydrogen) atoms. The molecule has 0 unspecified atom stereocenters. The molecule has 90 valence electrons. The first-order valence-electron chi connectivity index (χ1n) is 5.18. The summed E-state index contributed by atoms with van der Waals surface area (Å²) in [4.78, 5) is 6.64. The summed E-state index contributed by atoms with van der Waals surface area (Å²) in [7, 11) is 1.85. The average Bonchev–Trinajstić information content (AvgIpc) is 2.12. The van der Waals surface area contributed by atoms with Crippen molar-refractivity contribution in [2.24, 2.45) is 4.99 Å². The van der Waals surface area contributed by atoms with E-state index in [2.05, 4.69) is 36.0 Å². The molecule has 0 aromatic heterocycles. The SMILES string of the molecule is CCNC(=NC)N1CCSC(C)(C)C1.I. The predicted octanol–water partition coefficient (Wildman–Crippen LogP) is 2.03. The molecule has 0 atom stereocenters. The second-order valence-corrected chi connectivity index (χ2v) is 5.91. The molecular formula is C10H22IN3S. The maximum Gasteiger partial charge on any atom is 0.193 e. The van der Waals surface area contributed by atoms with Crippen molar-refractivity contribution in [3.8, 4) is 0 Å². The van der Waals surface area contributed by atoms with E-state index in [9.17, 15) is 0 Å². The molecule has 0 amide bonds. The summed E-state index contributed by atoms with van der Waals surface area (Å²) in [5.41, 5.74) is 0. The Bertz CT molecular complexity index is 219. The van der Waals surface area contributed by atoms with Gasteiger partial charge in [0, 0.05) is 37.2 Å². The molecule has 0 saturated carbocycles. The van der Waals surface area contributed by atoms with Crippen molar-refractivity contribution in [3.63, 3.8) is 0 Å². The second-order valence-electron chi connectivity index (χ2n) is 4.11. The van der Waals surface area contributed by atoms with Gasteiger partial charge in [0.05, 0.1) is 0 Å². The molecule has 0 radical (unpaired) electrons. The number of hydrogen-bond donors (Lipinski definition) is 1. The summed E-state index contributed by atoms with van der Waals surface area (Å²) in [5.74, 6) is 2.23. The van der Waals surface area contributed by atoms with Gasteiger partial charge in [-0.3, -0.25) is 4.99 Å². The van der Waals surface area contributed by atoms with E-state index < -0.39 is 0 Å². The third kappa shape index (κ3) is 4.80. The van der Waals surface area contributed by atoms with E-state index in [1.54, 1.807) is 0 Å². The number of halogens is 1. The minimum absolute atomic E-state index is 0. The van der Waals surface area contributed by atoms with E-state index in [0.29, 0.717) is 4.75 Å². The quantitative estimate of drug-likeness (QED) is 0.449. The molecule has 0 aromatic carbocycles. The Labute approximate surface area is 114 Å². The topological polar surface area (TPSA) is 27.6 Å². The van der Waals surface area contributed by atoms with Crippen molar-refractivity contribution < 1.29 is 0 Å². The van der Waals surface area contributed by atoms with Crippen LogP contribution in [0, 0.1) is 0 Å². The number of nitrogens with one attached hydrogen (secondary N) is 1. The lowest BCUT2D eigenvalue weighted by Gasteiger charge is -2.39. The third-order valence-electron chi connectivity index (χ3n) is 2.27. The monoisotopic (exact) mass is 343 g/mol. The largest absolute Gasteiger partial charge is 0.357 e. The summed E-state index contributed by atoms with van der Waals surface area (Å²) >= 11 is 2.05. The molecule has 0 aliphatic carbocycles. The molecule has 1 aliphatic rings. The van der Waals surface area contributed by atoms with E-state index in [1.165, 1.54) is 5.75 Å². The van der Waals surface area contributed by atoms with Crippen molar-refractivity contribution in [3.05, 3.63) is 0 Å². The van der Waals surface area contributed by atoms with Gasteiger partial charge in [-0.05, 0) is 20.8 Å². The minimum atomic E-state index is 0. The van der Waals surface area contributed by atoms with Crippen LogP contribution in [0.4, 0.5) is 0 Å². The predicted molar refractivity (Wildman–Crippen MR) is 80.6 cm³/mol. The third-order valence-corrected chi connectivity index (χ3v) is 3.57. The van der Waals surface area contributed by atoms with Crippen LogP contribution in [0.3, 0.4) is 0 Å². The molecular weight excluding hydrogens is 321 g/mol. The van der Waals surface area contributed by atoms with Gasteiger partial charge in [-0.15, -0.1) is 24.0 Å². The summed E-state index contributed by atoms with van der Waals surface area (Å²) in [6, 6.07) is 0. The molecule has 1 N–H and O–H groups in total. The number of aliphatic imine (C=N–C) groups is 1. The lowest BCUT2D eigenvalue weighted by Crippen LogP contribution is -2.50. The Morgan fingerprint density at radius 2 is 2.20 bits per heavy atom. The molecule has 0 aromatic rings. The highest BCUT2D eigenvalue weighted by Gasteiger charge is 2.28. The number of thioether (sulfide) groups is 1. The van der Waals surface area contributed by atoms with Crippen LogP contribution in [-0.4, -0.2) is 48.0 Å². The van der Waals surface area contributed by atoms with Crippen molar-refractivity contribution in [2.45, 2.75) is 25.5 Å². The van der Waals surface area contributed by atoms with Crippen molar-refractivity contribution >= 4 is 41.7 Å². The van der Waals surface area contributed by atoms with Crippen LogP contribution in [0.15, 0.2) is 4.99 Å². The fourth-order valence-electron chi connectivity index (χ4n) is 1.69. The number of nitrogens with zero attached hydrogens (tertiary/aromatic N) is 2. The van der Waals surface area contributed by atoms with Gasteiger partial charge in [0.2, 0.25) is 0 Å². The van der Waals surface area contributed by atoms with E-state index in [4.69, 9.17) is 0 Å². The van der Waals surface area contributed by atoms with Gasteiger partial charge in [-0.2, -0.15) is 11.8 Å². The first-order valence-corrected chi connectivity index (χ1v) is 6.17. The molecule has 1 fully saturated rings. The van der Waals surface area contributed by atoms with Gasteiger partial charge in [0.15, 0.2) is 5.96 Å². The first kappa shape index (κ1) is 15.3. The normalized spacial score (nSPS) is 20.8.